The third kappa shape index (κ3) is 3.16. The summed E-state index contributed by atoms with van der Waals surface area (Å²) >= 11 is 0. The molecule has 0 bridgehead atoms. The lowest BCUT2D eigenvalue weighted by Gasteiger charge is -2.46. The summed E-state index contributed by atoms with van der Waals surface area (Å²) in [5, 5.41) is 2.09. The van der Waals surface area contributed by atoms with Crippen LogP contribution in [0.2, 0.25) is 0 Å². The van der Waals surface area contributed by atoms with Gasteiger partial charge in [0.05, 0.1) is 17.2 Å². The maximum atomic E-state index is 13.1. The van der Waals surface area contributed by atoms with Gasteiger partial charge in [-0.15, -0.1) is 0 Å². The number of anilines is 1. The molecule has 1 atom stereocenters. The normalized spacial score (nSPS) is 20.1. The summed E-state index contributed by atoms with van der Waals surface area (Å²) in [5.74, 6) is 0.685. The maximum absolute atomic E-state index is 13.1. The molecule has 0 fully saturated rings. The molecule has 1 spiro atoms. The predicted octanol–water partition coefficient (Wildman–Crippen LogP) is 7.65. The van der Waals surface area contributed by atoms with Gasteiger partial charge in [-0.25, -0.2) is 0 Å². The van der Waals surface area contributed by atoms with Gasteiger partial charge in [0, 0.05) is 17.6 Å². The number of hydrogen-bond acceptors (Lipinski definition) is 3. The fourth-order valence-electron chi connectivity index (χ4n) is 5.34. The van der Waals surface area contributed by atoms with Gasteiger partial charge in [0.15, 0.2) is 0 Å². The van der Waals surface area contributed by atoms with E-state index in [4.69, 9.17) is 9.73 Å². The Bertz CT molecular complexity index is 1470. The topological polar surface area (TPSA) is 24.8 Å². The second-order valence-electron chi connectivity index (χ2n) is 9.61. The minimum Gasteiger partial charge on any atom is -0.459 e. The second-order valence-corrected chi connectivity index (χ2v) is 9.61. The van der Waals surface area contributed by atoms with Gasteiger partial charge >= 0.3 is 6.18 Å². The number of fused-ring (bicyclic) bond motifs is 4. The highest BCUT2D eigenvalue weighted by molar-refractivity contribution is 5.99. The Balaban J connectivity index is 1.47. The van der Waals surface area contributed by atoms with E-state index in [1.165, 1.54) is 12.1 Å². The Labute approximate surface area is 201 Å². The van der Waals surface area contributed by atoms with Crippen molar-refractivity contribution >= 4 is 28.4 Å². The van der Waals surface area contributed by atoms with Crippen LogP contribution in [0.4, 0.5) is 24.5 Å². The molecular formula is C29H23F3N2O. The summed E-state index contributed by atoms with van der Waals surface area (Å²) in [6.07, 6.45) is -2.50. The highest BCUT2D eigenvalue weighted by atomic mass is 19.4. The van der Waals surface area contributed by atoms with Crippen LogP contribution < -0.4 is 9.64 Å². The summed E-state index contributed by atoms with van der Waals surface area (Å²) in [4.78, 5) is 7.05. The molecule has 0 saturated carbocycles. The second kappa shape index (κ2) is 7.35. The number of benzene rings is 4. The highest BCUT2D eigenvalue weighted by Crippen LogP contribution is 2.55. The molecule has 0 aliphatic carbocycles. The van der Waals surface area contributed by atoms with E-state index in [0.29, 0.717) is 12.3 Å². The average molecular weight is 473 g/mol. The molecule has 4 aromatic carbocycles. The molecule has 0 saturated heterocycles. The van der Waals surface area contributed by atoms with Crippen molar-refractivity contribution in [3.63, 3.8) is 0 Å². The van der Waals surface area contributed by atoms with Crippen molar-refractivity contribution < 1.29 is 17.9 Å². The molecule has 0 N–H and O–H groups in total. The number of para-hydroxylation sites is 1. The smallest absolute Gasteiger partial charge is 0.416 e. The van der Waals surface area contributed by atoms with Crippen LogP contribution in [0, 0.1) is 0 Å². The van der Waals surface area contributed by atoms with Crippen molar-refractivity contribution in [1.29, 1.82) is 0 Å². The van der Waals surface area contributed by atoms with E-state index in [2.05, 4.69) is 24.8 Å². The van der Waals surface area contributed by atoms with Gasteiger partial charge in [-0.3, -0.25) is 4.99 Å². The van der Waals surface area contributed by atoms with E-state index in [-0.39, 0.29) is 0 Å². The number of nitrogens with zero attached hydrogens (tertiary/aromatic N) is 2. The van der Waals surface area contributed by atoms with Gasteiger partial charge in [-0.05, 0) is 54.6 Å². The minimum absolute atomic E-state index is 0.369. The van der Waals surface area contributed by atoms with Crippen LogP contribution in [0.15, 0.2) is 89.9 Å². The lowest BCUT2D eigenvalue weighted by atomic mass is 9.77. The maximum Gasteiger partial charge on any atom is 0.416 e. The molecule has 0 aromatic heterocycles. The van der Waals surface area contributed by atoms with Crippen molar-refractivity contribution in [2.45, 2.75) is 37.7 Å². The third-order valence-corrected chi connectivity index (χ3v) is 7.28. The van der Waals surface area contributed by atoms with Crippen molar-refractivity contribution in [3.05, 3.63) is 102 Å². The number of ether oxygens (including phenoxy) is 1. The van der Waals surface area contributed by atoms with E-state index in [9.17, 15) is 13.2 Å². The quantitative estimate of drug-likeness (QED) is 0.299. The first-order chi connectivity index (χ1) is 16.7. The van der Waals surface area contributed by atoms with Gasteiger partial charge in [-0.1, -0.05) is 60.7 Å². The number of rotatable bonds is 2. The first kappa shape index (κ1) is 21.7. The Kier molecular flexibility index (Phi) is 4.56. The van der Waals surface area contributed by atoms with Gasteiger partial charge in [0.25, 0.3) is 0 Å². The molecule has 0 amide bonds. The summed E-state index contributed by atoms with van der Waals surface area (Å²) in [6, 6.07) is 25.4. The predicted molar refractivity (Wildman–Crippen MR) is 133 cm³/mol. The molecule has 35 heavy (non-hydrogen) atoms. The number of aliphatic imine (C=N–C) groups is 1. The third-order valence-electron chi connectivity index (χ3n) is 7.28. The van der Waals surface area contributed by atoms with Crippen molar-refractivity contribution in [3.8, 4) is 5.75 Å². The Hall–Kier alpha value is -3.80. The van der Waals surface area contributed by atoms with E-state index >= 15 is 0 Å². The molecule has 2 aliphatic heterocycles. The van der Waals surface area contributed by atoms with Gasteiger partial charge in [-0.2, -0.15) is 13.2 Å². The SMILES string of the molecule is CC1(C)c2ccccc2N(Cc2ccc(C(F)(F)F)cc2)C12C=Nc1c(ccc3ccccc13)O2. The highest BCUT2D eigenvalue weighted by Gasteiger charge is 2.59. The van der Waals surface area contributed by atoms with Crippen LogP contribution >= 0.6 is 0 Å². The van der Waals surface area contributed by atoms with Gasteiger partial charge in [0.1, 0.15) is 11.4 Å². The van der Waals surface area contributed by atoms with Crippen LogP contribution in [-0.2, 0) is 18.1 Å². The molecule has 1 unspecified atom stereocenters. The zero-order chi connectivity index (χ0) is 24.4. The zero-order valence-electron chi connectivity index (χ0n) is 19.3. The molecule has 2 aliphatic rings. The van der Waals surface area contributed by atoms with Crippen LogP contribution in [0.1, 0.15) is 30.5 Å². The summed E-state index contributed by atoms with van der Waals surface area (Å²) in [5.41, 5.74) is 1.53. The van der Waals surface area contributed by atoms with Gasteiger partial charge in [0.2, 0.25) is 5.72 Å². The van der Waals surface area contributed by atoms with E-state index in [1.807, 2.05) is 60.8 Å². The van der Waals surface area contributed by atoms with E-state index in [0.717, 1.165) is 45.4 Å². The van der Waals surface area contributed by atoms with E-state index in [1.54, 1.807) is 0 Å². The van der Waals surface area contributed by atoms with Crippen LogP contribution in [0.5, 0.6) is 5.75 Å². The average Bonchev–Trinajstić information content (AvgIpc) is 3.02. The standard InChI is InChI=1S/C29H23F3N2O/c1-27(2)23-9-5-6-10-24(23)34(17-19-11-14-21(15-12-19)29(30,31)32)28(27)18-33-26-22-8-4-3-7-20(22)13-16-25(26)35-28/h3-16,18H,17H2,1-2H3. The molecule has 2 heterocycles. The molecule has 3 nitrogen and oxygen atoms in total. The number of hydrogen-bond donors (Lipinski definition) is 0. The Morgan fingerprint density at radius 1 is 0.857 bits per heavy atom. The fourth-order valence-corrected chi connectivity index (χ4v) is 5.34. The zero-order valence-corrected chi connectivity index (χ0v) is 19.3. The molecule has 0 radical (unpaired) electrons. The molecule has 4 aromatic rings. The number of halogens is 3. The first-order valence-electron chi connectivity index (χ1n) is 11.5. The van der Waals surface area contributed by atoms with E-state index < -0.39 is 22.9 Å². The Morgan fingerprint density at radius 3 is 2.34 bits per heavy atom. The molecule has 176 valence electrons. The summed E-state index contributed by atoms with van der Waals surface area (Å²) < 4.78 is 46.2. The lowest BCUT2D eigenvalue weighted by Crippen LogP contribution is -2.61. The largest absolute Gasteiger partial charge is 0.459 e. The lowest BCUT2D eigenvalue weighted by molar-refractivity contribution is -0.137. The molecule has 6 heteroatoms. The Morgan fingerprint density at radius 2 is 1.57 bits per heavy atom. The van der Waals surface area contributed by atoms with Crippen molar-refractivity contribution in [2.75, 3.05) is 4.90 Å². The summed E-state index contributed by atoms with van der Waals surface area (Å²) in [7, 11) is 0. The van der Waals surface area contributed by atoms with Crippen molar-refractivity contribution in [2.24, 2.45) is 4.99 Å². The van der Waals surface area contributed by atoms with Crippen LogP contribution in [-0.4, -0.2) is 11.9 Å². The van der Waals surface area contributed by atoms with Crippen molar-refractivity contribution in [1.82, 2.24) is 0 Å². The fraction of sp³-hybridized carbons (Fsp3) is 0.207. The monoisotopic (exact) mass is 472 g/mol. The van der Waals surface area contributed by atoms with Gasteiger partial charge < -0.3 is 9.64 Å². The number of alkyl halides is 3. The molecular weight excluding hydrogens is 449 g/mol. The minimum atomic E-state index is -4.37. The molecule has 6 rings (SSSR count). The first-order valence-corrected chi connectivity index (χ1v) is 11.5. The van der Waals surface area contributed by atoms with Crippen LogP contribution in [0.25, 0.3) is 10.8 Å². The van der Waals surface area contributed by atoms with Crippen LogP contribution in [0.3, 0.4) is 0 Å². The summed E-state index contributed by atoms with van der Waals surface area (Å²) in [6.45, 7) is 4.61.